The van der Waals surface area contributed by atoms with E-state index in [9.17, 15) is 0 Å². The summed E-state index contributed by atoms with van der Waals surface area (Å²) in [6, 6.07) is 67.3. The van der Waals surface area contributed by atoms with Gasteiger partial charge in [-0.2, -0.15) is 0 Å². The first kappa shape index (κ1) is 28.8. The van der Waals surface area contributed by atoms with E-state index >= 15 is 0 Å². The minimum Gasteiger partial charge on any atom is -0.456 e. The number of rotatable bonds is 5. The second kappa shape index (κ2) is 11.2. The Labute approximate surface area is 299 Å². The molecule has 8 aromatic carbocycles. The monoisotopic (exact) mass is 665 g/mol. The molecule has 0 aliphatic heterocycles. The van der Waals surface area contributed by atoms with Crippen molar-refractivity contribution in [3.63, 3.8) is 0 Å². The predicted octanol–water partition coefficient (Wildman–Crippen LogP) is 13.2. The third-order valence-electron chi connectivity index (χ3n) is 10.5. The van der Waals surface area contributed by atoms with Gasteiger partial charge in [-0.05, 0) is 91.0 Å². The van der Waals surface area contributed by atoms with Gasteiger partial charge in [0.05, 0.1) is 22.1 Å². The summed E-state index contributed by atoms with van der Waals surface area (Å²) in [5.41, 5.74) is 12.0. The molecule has 3 aromatic heterocycles. The minimum absolute atomic E-state index is 0.894. The molecule has 0 spiro atoms. The lowest BCUT2D eigenvalue weighted by Crippen LogP contribution is -2.10. The third kappa shape index (κ3) is 4.28. The maximum atomic E-state index is 6.20. The Kier molecular flexibility index (Phi) is 6.22. The van der Waals surface area contributed by atoms with Crippen LogP contribution in [0.4, 0.5) is 17.1 Å². The predicted molar refractivity (Wildman–Crippen MR) is 217 cm³/mol. The van der Waals surface area contributed by atoms with Crippen molar-refractivity contribution >= 4 is 82.6 Å². The first-order chi connectivity index (χ1) is 25.8. The van der Waals surface area contributed by atoms with Gasteiger partial charge >= 0.3 is 0 Å². The summed E-state index contributed by atoms with van der Waals surface area (Å²) in [5, 5.41) is 7.20. The molecule has 11 rings (SSSR count). The molecule has 0 radical (unpaired) electrons. The van der Waals surface area contributed by atoms with Crippen LogP contribution in [0.15, 0.2) is 192 Å². The number of fused-ring (bicyclic) bond motifs is 9. The second-order valence-corrected chi connectivity index (χ2v) is 13.4. The first-order valence-electron chi connectivity index (χ1n) is 17.7. The van der Waals surface area contributed by atoms with E-state index in [1.54, 1.807) is 0 Å². The quantitative estimate of drug-likeness (QED) is 0.183. The number of furan rings is 1. The highest BCUT2D eigenvalue weighted by Gasteiger charge is 2.19. The zero-order valence-corrected chi connectivity index (χ0v) is 28.1. The molecule has 0 N–H and O–H groups in total. The molecular formula is C48H31N3O. The van der Waals surface area contributed by atoms with Crippen molar-refractivity contribution < 1.29 is 4.42 Å². The highest BCUT2D eigenvalue weighted by molar-refractivity contribution is 6.12. The molecule has 0 fully saturated rings. The van der Waals surface area contributed by atoms with E-state index in [4.69, 9.17) is 4.42 Å². The van der Waals surface area contributed by atoms with E-state index in [0.717, 1.165) is 55.9 Å². The van der Waals surface area contributed by atoms with Crippen LogP contribution in [0.5, 0.6) is 0 Å². The van der Waals surface area contributed by atoms with E-state index in [-0.39, 0.29) is 0 Å². The summed E-state index contributed by atoms with van der Waals surface area (Å²) in [6.07, 6.45) is 0. The van der Waals surface area contributed by atoms with E-state index in [1.165, 1.54) is 38.1 Å². The molecule has 0 saturated carbocycles. The Morgan fingerprint density at radius 3 is 1.46 bits per heavy atom. The van der Waals surface area contributed by atoms with Crippen LogP contribution in [0.3, 0.4) is 0 Å². The summed E-state index contributed by atoms with van der Waals surface area (Å²) >= 11 is 0. The van der Waals surface area contributed by atoms with Gasteiger partial charge in [0.15, 0.2) is 0 Å². The number of nitrogens with zero attached hydrogens (tertiary/aromatic N) is 3. The summed E-state index contributed by atoms with van der Waals surface area (Å²) in [5.74, 6) is 0. The van der Waals surface area contributed by atoms with Gasteiger partial charge in [0.2, 0.25) is 0 Å². The van der Waals surface area contributed by atoms with Gasteiger partial charge in [0.25, 0.3) is 0 Å². The lowest BCUT2D eigenvalue weighted by atomic mass is 10.1. The summed E-state index contributed by atoms with van der Waals surface area (Å²) in [4.78, 5) is 2.35. The van der Waals surface area contributed by atoms with Crippen LogP contribution in [0.2, 0.25) is 0 Å². The van der Waals surface area contributed by atoms with Gasteiger partial charge in [-0.1, -0.05) is 97.1 Å². The van der Waals surface area contributed by atoms with E-state index in [2.05, 4.69) is 190 Å². The van der Waals surface area contributed by atoms with Crippen molar-refractivity contribution in [3.8, 4) is 11.4 Å². The molecule has 4 nitrogen and oxygen atoms in total. The van der Waals surface area contributed by atoms with Crippen molar-refractivity contribution in [1.82, 2.24) is 9.13 Å². The van der Waals surface area contributed by atoms with Crippen molar-refractivity contribution in [1.29, 1.82) is 0 Å². The van der Waals surface area contributed by atoms with Gasteiger partial charge < -0.3 is 18.5 Å². The molecule has 11 aromatic rings. The van der Waals surface area contributed by atoms with Crippen LogP contribution < -0.4 is 4.90 Å². The SMILES string of the molecule is c1ccc(N(c2ccc(-n3c4ccccc4c4ccccc43)cc2)c2ccc3c4ccccc4n(-c4ccc5oc6ccccc6c5c4)c3c2)cc1. The molecule has 52 heavy (non-hydrogen) atoms. The lowest BCUT2D eigenvalue weighted by Gasteiger charge is -2.26. The number of hydrogen-bond acceptors (Lipinski definition) is 2. The highest BCUT2D eigenvalue weighted by Crippen LogP contribution is 2.41. The van der Waals surface area contributed by atoms with E-state index < -0.39 is 0 Å². The van der Waals surface area contributed by atoms with E-state index in [0.29, 0.717) is 0 Å². The lowest BCUT2D eigenvalue weighted by molar-refractivity contribution is 0.669. The molecule has 0 bridgehead atoms. The van der Waals surface area contributed by atoms with Gasteiger partial charge in [-0.3, -0.25) is 0 Å². The normalized spacial score (nSPS) is 11.8. The molecule has 0 amide bonds. The molecule has 0 saturated heterocycles. The second-order valence-electron chi connectivity index (χ2n) is 13.4. The molecule has 3 heterocycles. The largest absolute Gasteiger partial charge is 0.456 e. The summed E-state index contributed by atoms with van der Waals surface area (Å²) in [7, 11) is 0. The molecule has 0 atom stereocenters. The standard InChI is InChI=1S/C48H31N3O/c1-2-12-32(13-3-1)49(33-22-24-34(25-23-33)50-43-18-8-4-14-37(43)38-15-5-9-19-44(38)50)36-26-28-40-39-16-6-10-20-45(39)51(46(40)31-36)35-27-29-48-42(30-35)41-17-7-11-21-47(41)52-48/h1-31H. The molecule has 0 aliphatic rings. The fraction of sp³-hybridized carbons (Fsp3) is 0. The van der Waals surface area contributed by atoms with Crippen molar-refractivity contribution in [3.05, 3.63) is 188 Å². The molecular weight excluding hydrogens is 635 g/mol. The van der Waals surface area contributed by atoms with Gasteiger partial charge in [-0.15, -0.1) is 0 Å². The van der Waals surface area contributed by atoms with Crippen LogP contribution in [0, 0.1) is 0 Å². The fourth-order valence-corrected chi connectivity index (χ4v) is 8.21. The zero-order valence-electron chi connectivity index (χ0n) is 28.1. The number of aromatic nitrogens is 2. The van der Waals surface area contributed by atoms with E-state index in [1.807, 2.05) is 12.1 Å². The Balaban J connectivity index is 1.10. The average molecular weight is 666 g/mol. The smallest absolute Gasteiger partial charge is 0.135 e. The van der Waals surface area contributed by atoms with Crippen LogP contribution >= 0.6 is 0 Å². The molecule has 0 aliphatic carbocycles. The Morgan fingerprint density at radius 2 is 0.788 bits per heavy atom. The fourth-order valence-electron chi connectivity index (χ4n) is 8.21. The highest BCUT2D eigenvalue weighted by atomic mass is 16.3. The molecule has 4 heteroatoms. The maximum Gasteiger partial charge on any atom is 0.135 e. The van der Waals surface area contributed by atoms with Gasteiger partial charge in [0, 0.05) is 60.8 Å². The third-order valence-corrected chi connectivity index (χ3v) is 10.5. The number of hydrogen-bond donors (Lipinski definition) is 0. The first-order valence-corrected chi connectivity index (χ1v) is 17.7. The average Bonchev–Trinajstić information content (AvgIpc) is 3.86. The summed E-state index contributed by atoms with van der Waals surface area (Å²) in [6.45, 7) is 0. The number of anilines is 3. The van der Waals surface area contributed by atoms with Crippen molar-refractivity contribution in [2.45, 2.75) is 0 Å². The Morgan fingerprint density at radius 1 is 0.308 bits per heavy atom. The van der Waals surface area contributed by atoms with Gasteiger partial charge in [-0.25, -0.2) is 0 Å². The van der Waals surface area contributed by atoms with Crippen LogP contribution in [0.1, 0.15) is 0 Å². The zero-order chi connectivity index (χ0) is 34.2. The van der Waals surface area contributed by atoms with Crippen LogP contribution in [-0.2, 0) is 0 Å². The molecule has 244 valence electrons. The molecule has 0 unspecified atom stereocenters. The van der Waals surface area contributed by atoms with Crippen molar-refractivity contribution in [2.24, 2.45) is 0 Å². The number of benzene rings is 8. The topological polar surface area (TPSA) is 26.2 Å². The summed E-state index contributed by atoms with van der Waals surface area (Å²) < 4.78 is 11.0. The van der Waals surface area contributed by atoms with Crippen molar-refractivity contribution in [2.75, 3.05) is 4.90 Å². The van der Waals surface area contributed by atoms with Crippen LogP contribution in [0.25, 0.3) is 76.9 Å². The Hall–Kier alpha value is -7.04. The minimum atomic E-state index is 0.894. The van der Waals surface area contributed by atoms with Crippen LogP contribution in [-0.4, -0.2) is 9.13 Å². The maximum absolute atomic E-state index is 6.20. The van der Waals surface area contributed by atoms with Gasteiger partial charge in [0.1, 0.15) is 11.2 Å². The Bertz CT molecular complexity index is 3080. The number of para-hydroxylation sites is 5.